The Morgan fingerprint density at radius 3 is 3.27 bits per heavy atom. The van der Waals surface area contributed by atoms with Crippen LogP contribution in [0.15, 0.2) is 12.2 Å². The molecule has 0 bridgehead atoms. The van der Waals surface area contributed by atoms with Crippen molar-refractivity contribution in [3.05, 3.63) is 28.5 Å². The van der Waals surface area contributed by atoms with E-state index in [0.29, 0.717) is 0 Å². The molecule has 0 aliphatic rings. The third-order valence-corrected chi connectivity index (χ3v) is 1.12. The van der Waals surface area contributed by atoms with Crippen molar-refractivity contribution in [3.63, 3.8) is 0 Å². The molecule has 1 heterocycles. The molecule has 0 fully saturated rings. The average Bonchev–Trinajstić information content (AvgIpc) is 2.10. The molecule has 0 aliphatic carbocycles. The Bertz CT molecular complexity index is 459. The van der Waals surface area contributed by atoms with Gasteiger partial charge in [0, 0.05) is 10.3 Å². The van der Waals surface area contributed by atoms with Crippen LogP contribution in [-0.2, 0) is 0 Å². The molecule has 0 unspecified atom stereocenters. The van der Waals surface area contributed by atoms with Gasteiger partial charge in [0.25, 0.3) is 0 Å². The first-order valence-corrected chi connectivity index (χ1v) is 2.94. The topological polar surface area (TPSA) is 50.2 Å². The van der Waals surface area contributed by atoms with Crippen LogP contribution in [0.3, 0.4) is 0 Å². The first-order chi connectivity index (χ1) is 7.16. The average molecular weight is 177 g/mol. The molecule has 58 valence electrons. The summed E-state index contributed by atoms with van der Waals surface area (Å²) in [6.07, 6.45) is -0.628. The van der Waals surface area contributed by atoms with Crippen molar-refractivity contribution in [2.75, 3.05) is 0 Å². The van der Waals surface area contributed by atoms with Crippen LogP contribution >= 0.6 is 11.6 Å². The molecule has 0 spiro atoms. The zero-order chi connectivity index (χ0) is 12.7. The normalized spacial score (nSPS) is 17.4. The van der Waals surface area contributed by atoms with Crippen molar-refractivity contribution in [1.82, 2.24) is 4.98 Å². The van der Waals surface area contributed by atoms with Crippen LogP contribution in [0.4, 0.5) is 0 Å². The lowest BCUT2D eigenvalue weighted by atomic mass is 10.2. The van der Waals surface area contributed by atoms with E-state index in [1.165, 1.54) is 0 Å². The Hall–Kier alpha value is -1.09. The number of nitrogens with zero attached hydrogens (tertiary/aromatic N) is 1. The number of pyridine rings is 1. The van der Waals surface area contributed by atoms with E-state index in [0.717, 1.165) is 0 Å². The number of halogens is 1. The maximum Gasteiger partial charge on any atom is 0.354 e. The minimum Gasteiger partial charge on any atom is -0.477 e. The highest BCUT2D eigenvalue weighted by molar-refractivity contribution is 6.30. The van der Waals surface area contributed by atoms with Crippen LogP contribution in [0.25, 0.3) is 0 Å². The van der Waals surface area contributed by atoms with Gasteiger partial charge in [-0.15, -0.1) is 0 Å². The third-order valence-electron chi connectivity index (χ3n) is 0.940. The largest absolute Gasteiger partial charge is 0.477 e. The Labute approximate surface area is 75.7 Å². The molecule has 1 rings (SSSR count). The highest BCUT2D eigenvalue weighted by atomic mass is 35.5. The van der Waals surface area contributed by atoms with Gasteiger partial charge in [-0.05, 0) is 18.5 Å². The Morgan fingerprint density at radius 2 is 2.73 bits per heavy atom. The summed E-state index contributed by atoms with van der Waals surface area (Å²) in [5, 5.41) is 8.27. The summed E-state index contributed by atoms with van der Waals surface area (Å²) in [4.78, 5) is 14.0. The molecule has 0 radical (unpaired) electrons. The van der Waals surface area contributed by atoms with Crippen LogP contribution in [-0.4, -0.2) is 16.1 Å². The molecule has 0 aromatic carbocycles. The third kappa shape index (κ3) is 1.68. The van der Waals surface area contributed by atoms with E-state index < -0.39 is 41.3 Å². The Morgan fingerprint density at radius 1 is 2.00 bits per heavy atom. The van der Waals surface area contributed by atoms with Gasteiger partial charge in [0.05, 0.1) is 7.76 Å². The number of carboxylic acid groups (broad SMARTS) is 1. The summed E-state index contributed by atoms with van der Waals surface area (Å²) in [5.41, 5.74) is -1.58. The van der Waals surface area contributed by atoms with Gasteiger partial charge in [0.15, 0.2) is 5.69 Å². The maximum absolute atomic E-state index is 10.8. The molecule has 11 heavy (non-hydrogen) atoms. The van der Waals surface area contributed by atoms with Crippen LogP contribution in [0.2, 0.25) is 5.02 Å². The first kappa shape index (κ1) is 3.54. The summed E-state index contributed by atoms with van der Waals surface area (Å²) < 4.78 is 35.9. The molecule has 4 heteroatoms. The Kier molecular flexibility index (Phi) is 0.927. The standard InChI is InChI=1S/C7H6ClNO2/c1-4-2-5(8)3-9-6(4)7(10)11/h2-3H,1H3,(H,10,11)/i1D3,2D,3D. The summed E-state index contributed by atoms with van der Waals surface area (Å²) in [6, 6.07) is -0.695. The highest BCUT2D eigenvalue weighted by Crippen LogP contribution is 2.11. The van der Waals surface area contributed by atoms with Gasteiger partial charge in [0.1, 0.15) is 0 Å². The smallest absolute Gasteiger partial charge is 0.354 e. The van der Waals surface area contributed by atoms with Crippen LogP contribution in [0.1, 0.15) is 22.9 Å². The van der Waals surface area contributed by atoms with Crippen LogP contribution in [0, 0.1) is 6.85 Å². The fourth-order valence-corrected chi connectivity index (χ4v) is 0.649. The SMILES string of the molecule is [2H]c1nc(C(=O)O)c(C([2H])([2H])[2H])c([2H])c1Cl. The van der Waals surface area contributed by atoms with Gasteiger partial charge >= 0.3 is 5.97 Å². The molecule has 0 saturated carbocycles. The number of rotatable bonds is 1. The second-order valence-electron chi connectivity index (χ2n) is 1.69. The van der Waals surface area contributed by atoms with Crippen LogP contribution < -0.4 is 0 Å². The number of hydrogen-bond acceptors (Lipinski definition) is 2. The molecule has 0 saturated heterocycles. The molecular formula is C7H6ClNO2. The minimum absolute atomic E-state index is 0.476. The van der Waals surface area contributed by atoms with Gasteiger partial charge < -0.3 is 5.11 Å². The summed E-state index contributed by atoms with van der Waals surface area (Å²) in [6.45, 7) is -2.81. The van der Waals surface area contributed by atoms with Gasteiger partial charge in [0.2, 0.25) is 0 Å². The van der Waals surface area contributed by atoms with Crippen molar-refractivity contribution in [1.29, 1.82) is 0 Å². The fourth-order valence-electron chi connectivity index (χ4n) is 0.513. The Balaban J connectivity index is 3.68. The van der Waals surface area contributed by atoms with Crippen molar-refractivity contribution in [2.24, 2.45) is 0 Å². The predicted octanol–water partition coefficient (Wildman–Crippen LogP) is 1.74. The minimum atomic E-state index is -2.81. The molecule has 0 amide bonds. The van der Waals surface area contributed by atoms with Gasteiger partial charge in [-0.2, -0.15) is 0 Å². The second kappa shape index (κ2) is 2.88. The van der Waals surface area contributed by atoms with E-state index in [9.17, 15) is 4.79 Å². The van der Waals surface area contributed by atoms with E-state index >= 15 is 0 Å². The van der Waals surface area contributed by atoms with Crippen LogP contribution in [0.5, 0.6) is 0 Å². The van der Waals surface area contributed by atoms with Gasteiger partial charge in [-0.1, -0.05) is 11.6 Å². The van der Waals surface area contributed by atoms with Gasteiger partial charge in [-0.3, -0.25) is 0 Å². The van der Waals surface area contributed by atoms with E-state index in [1.54, 1.807) is 0 Å². The maximum atomic E-state index is 10.8. The van der Waals surface area contributed by atoms with Crippen molar-refractivity contribution < 1.29 is 16.8 Å². The van der Waals surface area contributed by atoms with Crippen molar-refractivity contribution in [2.45, 2.75) is 6.85 Å². The zero-order valence-corrected chi connectivity index (χ0v) is 5.94. The monoisotopic (exact) mass is 176 g/mol. The molecule has 0 aliphatic heterocycles. The zero-order valence-electron chi connectivity index (χ0n) is 10.2. The number of hydrogen-bond donors (Lipinski definition) is 1. The molecule has 0 atom stereocenters. The molecule has 1 N–H and O–H groups in total. The molecular weight excluding hydrogens is 166 g/mol. The lowest BCUT2D eigenvalue weighted by Crippen LogP contribution is -2.02. The van der Waals surface area contributed by atoms with E-state index in [4.69, 9.17) is 23.6 Å². The van der Waals surface area contributed by atoms with Crippen molar-refractivity contribution in [3.8, 4) is 0 Å². The molecule has 1 aromatic heterocycles. The molecule has 3 nitrogen and oxygen atoms in total. The lowest BCUT2D eigenvalue weighted by molar-refractivity contribution is 0.0689. The van der Waals surface area contributed by atoms with Crippen molar-refractivity contribution >= 4 is 17.6 Å². The van der Waals surface area contributed by atoms with E-state index in [2.05, 4.69) is 4.98 Å². The predicted molar refractivity (Wildman–Crippen MR) is 40.9 cm³/mol. The second-order valence-corrected chi connectivity index (χ2v) is 2.07. The van der Waals surface area contributed by atoms with Gasteiger partial charge in [-0.25, -0.2) is 9.78 Å². The number of carboxylic acids is 1. The lowest BCUT2D eigenvalue weighted by Gasteiger charge is -1.97. The van der Waals surface area contributed by atoms with E-state index in [1.807, 2.05) is 0 Å². The number of aromatic nitrogens is 1. The molecule has 1 aromatic rings. The highest BCUT2D eigenvalue weighted by Gasteiger charge is 2.07. The number of aromatic carboxylic acids is 1. The summed E-state index contributed by atoms with van der Waals surface area (Å²) in [7, 11) is 0. The van der Waals surface area contributed by atoms with E-state index in [-0.39, 0.29) is 0 Å². The summed E-state index contributed by atoms with van der Waals surface area (Å²) >= 11 is 5.49. The summed E-state index contributed by atoms with van der Waals surface area (Å²) in [5.74, 6) is -1.61. The quantitative estimate of drug-likeness (QED) is 0.709. The number of carbonyl (C=O) groups is 1. The fraction of sp³-hybridized carbons (Fsp3) is 0.143. The first-order valence-electron chi connectivity index (χ1n) is 5.06.